The lowest BCUT2D eigenvalue weighted by Crippen LogP contribution is -1.94. The molecule has 100 valence electrons. The molecule has 20 heavy (non-hydrogen) atoms. The molecule has 5 heteroatoms. The minimum Gasteiger partial charge on any atom is -0.438 e. The molecule has 0 saturated carbocycles. The largest absolute Gasteiger partial charge is 0.438 e. The van der Waals surface area contributed by atoms with Gasteiger partial charge in [0.2, 0.25) is 5.88 Å². The van der Waals surface area contributed by atoms with Gasteiger partial charge in [0.15, 0.2) is 0 Å². The summed E-state index contributed by atoms with van der Waals surface area (Å²) in [6, 6.07) is 11.4. The van der Waals surface area contributed by atoms with E-state index in [0.29, 0.717) is 11.6 Å². The fourth-order valence-corrected chi connectivity index (χ4v) is 2.26. The normalized spacial score (nSPS) is 10.7. The van der Waals surface area contributed by atoms with Crippen LogP contribution in [0.5, 0.6) is 11.6 Å². The first-order chi connectivity index (χ1) is 9.63. The number of nitrogens with zero attached hydrogens (tertiary/aromatic N) is 2. The first kappa shape index (κ1) is 12.9. The van der Waals surface area contributed by atoms with Crippen molar-refractivity contribution in [1.29, 1.82) is 0 Å². The number of halogens is 1. The zero-order valence-corrected chi connectivity index (χ0v) is 12.4. The zero-order chi connectivity index (χ0) is 14.1. The molecular formula is C15H12BrN3O. The minimum absolute atomic E-state index is 0.524. The van der Waals surface area contributed by atoms with Crippen LogP contribution in [0.25, 0.3) is 10.9 Å². The molecule has 0 bridgehead atoms. The van der Waals surface area contributed by atoms with Crippen LogP contribution >= 0.6 is 15.9 Å². The second-order valence-electron chi connectivity index (χ2n) is 4.47. The van der Waals surface area contributed by atoms with E-state index < -0.39 is 0 Å². The number of fused-ring (bicyclic) bond motifs is 1. The van der Waals surface area contributed by atoms with Crippen molar-refractivity contribution in [2.45, 2.75) is 6.92 Å². The third-order valence-electron chi connectivity index (χ3n) is 2.98. The SMILES string of the molecule is Cc1ccc(Br)cc1Oc1ncnc2cc(N)ccc12. The number of aromatic nitrogens is 2. The average Bonchev–Trinajstić information content (AvgIpc) is 2.43. The topological polar surface area (TPSA) is 61.0 Å². The van der Waals surface area contributed by atoms with Gasteiger partial charge in [0, 0.05) is 10.2 Å². The van der Waals surface area contributed by atoms with Crippen LogP contribution < -0.4 is 10.5 Å². The lowest BCUT2D eigenvalue weighted by Gasteiger charge is -2.10. The zero-order valence-electron chi connectivity index (χ0n) is 10.8. The number of hydrogen-bond donors (Lipinski definition) is 1. The van der Waals surface area contributed by atoms with E-state index in [0.717, 1.165) is 26.7 Å². The van der Waals surface area contributed by atoms with Gasteiger partial charge >= 0.3 is 0 Å². The molecule has 0 unspecified atom stereocenters. The molecule has 1 aromatic heterocycles. The van der Waals surface area contributed by atoms with Gasteiger partial charge < -0.3 is 10.5 Å². The van der Waals surface area contributed by atoms with Crippen molar-refractivity contribution in [2.24, 2.45) is 0 Å². The molecule has 0 aliphatic carbocycles. The smallest absolute Gasteiger partial charge is 0.230 e. The van der Waals surface area contributed by atoms with E-state index in [1.54, 1.807) is 6.07 Å². The third kappa shape index (κ3) is 2.44. The number of anilines is 1. The molecule has 3 rings (SSSR count). The summed E-state index contributed by atoms with van der Waals surface area (Å²) in [4.78, 5) is 8.42. The van der Waals surface area contributed by atoms with Crippen LogP contribution in [0.1, 0.15) is 5.56 Å². The van der Waals surface area contributed by atoms with Crippen molar-refractivity contribution < 1.29 is 4.74 Å². The molecule has 1 heterocycles. The summed E-state index contributed by atoms with van der Waals surface area (Å²) in [6.07, 6.45) is 1.48. The van der Waals surface area contributed by atoms with Crippen molar-refractivity contribution >= 4 is 32.5 Å². The van der Waals surface area contributed by atoms with Gasteiger partial charge in [-0.05, 0) is 42.8 Å². The van der Waals surface area contributed by atoms with E-state index in [2.05, 4.69) is 25.9 Å². The molecule has 0 spiro atoms. The van der Waals surface area contributed by atoms with Gasteiger partial charge in [-0.1, -0.05) is 22.0 Å². The Balaban J connectivity index is 2.09. The number of ether oxygens (including phenoxy) is 1. The molecule has 0 aliphatic heterocycles. The van der Waals surface area contributed by atoms with E-state index in [9.17, 15) is 0 Å². The lowest BCUT2D eigenvalue weighted by atomic mass is 10.2. The molecule has 3 aromatic rings. The van der Waals surface area contributed by atoms with E-state index in [-0.39, 0.29) is 0 Å². The van der Waals surface area contributed by atoms with Crippen LogP contribution in [0.15, 0.2) is 47.2 Å². The van der Waals surface area contributed by atoms with Crippen molar-refractivity contribution in [3.63, 3.8) is 0 Å². The third-order valence-corrected chi connectivity index (χ3v) is 3.47. The predicted octanol–water partition coefficient (Wildman–Crippen LogP) is 4.08. The van der Waals surface area contributed by atoms with Crippen LogP contribution in [0, 0.1) is 6.92 Å². The van der Waals surface area contributed by atoms with E-state index in [1.807, 2.05) is 37.3 Å². The van der Waals surface area contributed by atoms with E-state index in [4.69, 9.17) is 10.5 Å². The quantitative estimate of drug-likeness (QED) is 0.720. The molecule has 4 nitrogen and oxygen atoms in total. The van der Waals surface area contributed by atoms with E-state index >= 15 is 0 Å². The van der Waals surface area contributed by atoms with Crippen molar-refractivity contribution in [2.75, 3.05) is 5.73 Å². The van der Waals surface area contributed by atoms with Gasteiger partial charge in [-0.3, -0.25) is 0 Å². The van der Waals surface area contributed by atoms with Gasteiger partial charge in [0.1, 0.15) is 12.1 Å². The van der Waals surface area contributed by atoms with Crippen LogP contribution in [-0.2, 0) is 0 Å². The fourth-order valence-electron chi connectivity index (χ4n) is 1.92. The first-order valence-electron chi connectivity index (χ1n) is 6.08. The average molecular weight is 330 g/mol. The summed E-state index contributed by atoms with van der Waals surface area (Å²) in [5, 5.41) is 0.834. The summed E-state index contributed by atoms with van der Waals surface area (Å²) in [7, 11) is 0. The Labute approximate surface area is 124 Å². The molecule has 0 amide bonds. The van der Waals surface area contributed by atoms with Gasteiger partial charge in [-0.2, -0.15) is 0 Å². The number of hydrogen-bond acceptors (Lipinski definition) is 4. The van der Waals surface area contributed by atoms with Crippen molar-refractivity contribution in [3.05, 3.63) is 52.8 Å². The summed E-state index contributed by atoms with van der Waals surface area (Å²) in [5.74, 6) is 1.28. The maximum Gasteiger partial charge on any atom is 0.230 e. The summed E-state index contributed by atoms with van der Waals surface area (Å²) >= 11 is 3.44. The Morgan fingerprint density at radius 2 is 1.95 bits per heavy atom. The molecule has 0 saturated heterocycles. The molecule has 0 fully saturated rings. The summed E-state index contributed by atoms with van der Waals surface area (Å²) in [6.45, 7) is 1.99. The predicted molar refractivity (Wildman–Crippen MR) is 82.9 cm³/mol. The van der Waals surface area contributed by atoms with Gasteiger partial charge in [0.05, 0.1) is 10.9 Å². The Morgan fingerprint density at radius 3 is 2.80 bits per heavy atom. The molecule has 2 N–H and O–H groups in total. The highest BCUT2D eigenvalue weighted by molar-refractivity contribution is 9.10. The monoisotopic (exact) mass is 329 g/mol. The number of aryl methyl sites for hydroxylation is 1. The number of nitrogens with two attached hydrogens (primary N) is 1. The lowest BCUT2D eigenvalue weighted by molar-refractivity contribution is 0.464. The number of rotatable bonds is 2. The second kappa shape index (κ2) is 5.09. The highest BCUT2D eigenvalue weighted by Gasteiger charge is 2.08. The van der Waals surface area contributed by atoms with Crippen LogP contribution in [0.4, 0.5) is 5.69 Å². The Hall–Kier alpha value is -2.14. The molecule has 0 radical (unpaired) electrons. The Kier molecular flexibility index (Phi) is 3.28. The molecule has 0 atom stereocenters. The highest BCUT2D eigenvalue weighted by atomic mass is 79.9. The van der Waals surface area contributed by atoms with Crippen molar-refractivity contribution in [3.8, 4) is 11.6 Å². The fraction of sp³-hybridized carbons (Fsp3) is 0.0667. The van der Waals surface area contributed by atoms with Crippen LogP contribution in [-0.4, -0.2) is 9.97 Å². The van der Waals surface area contributed by atoms with Crippen molar-refractivity contribution in [1.82, 2.24) is 9.97 Å². The second-order valence-corrected chi connectivity index (χ2v) is 5.38. The number of nitrogen functional groups attached to an aromatic ring is 1. The van der Waals surface area contributed by atoms with Crippen LogP contribution in [0.2, 0.25) is 0 Å². The van der Waals surface area contributed by atoms with E-state index in [1.165, 1.54) is 6.33 Å². The van der Waals surface area contributed by atoms with Crippen LogP contribution in [0.3, 0.4) is 0 Å². The molecule has 0 aliphatic rings. The first-order valence-corrected chi connectivity index (χ1v) is 6.87. The Bertz CT molecular complexity index is 789. The molecular weight excluding hydrogens is 318 g/mol. The van der Waals surface area contributed by atoms with Gasteiger partial charge in [-0.25, -0.2) is 9.97 Å². The number of benzene rings is 2. The standard InChI is InChI=1S/C15H12BrN3O/c1-9-2-3-10(16)6-14(9)20-15-12-5-4-11(17)7-13(12)18-8-19-15/h2-8H,17H2,1H3. The summed E-state index contributed by atoms with van der Waals surface area (Å²) < 4.78 is 6.88. The van der Waals surface area contributed by atoms with Gasteiger partial charge in [0.25, 0.3) is 0 Å². The molecule has 2 aromatic carbocycles. The maximum absolute atomic E-state index is 5.92. The maximum atomic E-state index is 5.92. The summed E-state index contributed by atoms with van der Waals surface area (Å²) in [5.41, 5.74) is 8.23. The Morgan fingerprint density at radius 1 is 1.10 bits per heavy atom. The minimum atomic E-state index is 0.524. The highest BCUT2D eigenvalue weighted by Crippen LogP contribution is 2.31. The van der Waals surface area contributed by atoms with Gasteiger partial charge in [-0.15, -0.1) is 0 Å².